The van der Waals surface area contributed by atoms with Crippen LogP contribution in [0.3, 0.4) is 0 Å². The summed E-state index contributed by atoms with van der Waals surface area (Å²) in [6, 6.07) is 11.0. The summed E-state index contributed by atoms with van der Waals surface area (Å²) in [7, 11) is 0. The van der Waals surface area contributed by atoms with Crippen LogP contribution in [0, 0.1) is 0 Å². The molecule has 0 unspecified atom stereocenters. The van der Waals surface area contributed by atoms with Gasteiger partial charge in [-0.25, -0.2) is 4.79 Å². The summed E-state index contributed by atoms with van der Waals surface area (Å²) in [5.41, 5.74) is 2.38. The van der Waals surface area contributed by atoms with E-state index in [1.807, 2.05) is 24.4 Å². The summed E-state index contributed by atoms with van der Waals surface area (Å²) < 4.78 is 0. The van der Waals surface area contributed by atoms with Crippen molar-refractivity contribution in [3.05, 3.63) is 65.5 Å². The molecule has 1 aromatic carbocycles. The van der Waals surface area contributed by atoms with Crippen LogP contribution >= 0.6 is 0 Å². The molecule has 1 heterocycles. The second kappa shape index (κ2) is 6.11. The average molecular weight is 256 g/mol. The summed E-state index contributed by atoms with van der Waals surface area (Å²) in [5.74, 6) is -0.901. The predicted octanol–water partition coefficient (Wildman–Crippen LogP) is 2.63. The standard InChI is InChI=1S/C15H16N2O2/c1-11(14-6-3-7-16-10-14)17-9-12-4-2-5-13(8-12)15(18)19/h2-8,10-11,17H,9H2,1H3,(H,18,19)/t11-/m0/s1. The maximum absolute atomic E-state index is 10.9. The van der Waals surface area contributed by atoms with Crippen molar-refractivity contribution in [2.75, 3.05) is 0 Å². The third-order valence-corrected chi connectivity index (χ3v) is 2.97. The van der Waals surface area contributed by atoms with Crippen molar-refractivity contribution in [2.24, 2.45) is 0 Å². The summed E-state index contributed by atoms with van der Waals surface area (Å²) in [6.45, 7) is 2.68. The minimum absolute atomic E-state index is 0.169. The van der Waals surface area contributed by atoms with E-state index in [-0.39, 0.29) is 6.04 Å². The van der Waals surface area contributed by atoms with E-state index in [2.05, 4.69) is 17.2 Å². The molecule has 0 amide bonds. The number of aromatic nitrogens is 1. The molecule has 1 atom stereocenters. The van der Waals surface area contributed by atoms with Gasteiger partial charge >= 0.3 is 5.97 Å². The molecule has 4 heteroatoms. The number of carbonyl (C=O) groups is 1. The summed E-state index contributed by atoms with van der Waals surface area (Å²) in [6.07, 6.45) is 3.57. The molecule has 2 aromatic rings. The van der Waals surface area contributed by atoms with E-state index in [1.54, 1.807) is 24.4 Å². The number of carboxylic acids is 1. The predicted molar refractivity (Wildman–Crippen MR) is 72.9 cm³/mol. The minimum atomic E-state index is -0.901. The van der Waals surface area contributed by atoms with Gasteiger partial charge in [0.1, 0.15) is 0 Å². The maximum Gasteiger partial charge on any atom is 0.335 e. The molecule has 98 valence electrons. The van der Waals surface area contributed by atoms with Gasteiger partial charge < -0.3 is 10.4 Å². The Bertz CT molecular complexity index is 555. The van der Waals surface area contributed by atoms with Gasteiger partial charge in [0.15, 0.2) is 0 Å². The lowest BCUT2D eigenvalue weighted by molar-refractivity contribution is 0.0696. The zero-order valence-corrected chi connectivity index (χ0v) is 10.7. The lowest BCUT2D eigenvalue weighted by Crippen LogP contribution is -2.18. The summed E-state index contributed by atoms with van der Waals surface area (Å²) in [5, 5.41) is 12.3. The van der Waals surface area contributed by atoms with Gasteiger partial charge in [0.05, 0.1) is 5.56 Å². The molecule has 2 N–H and O–H groups in total. The van der Waals surface area contributed by atoms with Gasteiger partial charge in [0.2, 0.25) is 0 Å². The first-order valence-corrected chi connectivity index (χ1v) is 6.12. The highest BCUT2D eigenvalue weighted by molar-refractivity contribution is 5.87. The van der Waals surface area contributed by atoms with Crippen molar-refractivity contribution in [3.63, 3.8) is 0 Å². The Kier molecular flexibility index (Phi) is 4.26. The van der Waals surface area contributed by atoms with E-state index in [0.717, 1.165) is 11.1 Å². The smallest absolute Gasteiger partial charge is 0.335 e. The minimum Gasteiger partial charge on any atom is -0.478 e. The Morgan fingerprint density at radius 2 is 2.21 bits per heavy atom. The van der Waals surface area contributed by atoms with Gasteiger partial charge in [-0.2, -0.15) is 0 Å². The Morgan fingerprint density at radius 3 is 2.89 bits per heavy atom. The highest BCUT2D eigenvalue weighted by Crippen LogP contribution is 2.12. The van der Waals surface area contributed by atoms with Gasteiger partial charge in [0, 0.05) is 25.0 Å². The van der Waals surface area contributed by atoms with E-state index in [4.69, 9.17) is 5.11 Å². The molecule has 0 saturated heterocycles. The van der Waals surface area contributed by atoms with Gasteiger partial charge in [-0.15, -0.1) is 0 Å². The van der Waals surface area contributed by atoms with Crippen LogP contribution in [0.2, 0.25) is 0 Å². The zero-order valence-electron chi connectivity index (χ0n) is 10.7. The van der Waals surface area contributed by atoms with Crippen molar-refractivity contribution in [1.29, 1.82) is 0 Å². The van der Waals surface area contributed by atoms with Crippen LogP contribution in [0.25, 0.3) is 0 Å². The molecule has 2 rings (SSSR count). The van der Waals surface area contributed by atoms with E-state index >= 15 is 0 Å². The molecular formula is C15H16N2O2. The molecule has 4 nitrogen and oxygen atoms in total. The number of rotatable bonds is 5. The van der Waals surface area contributed by atoms with Crippen LogP contribution in [0.4, 0.5) is 0 Å². The molecule has 0 aliphatic rings. The first-order chi connectivity index (χ1) is 9.16. The van der Waals surface area contributed by atoms with Crippen molar-refractivity contribution in [2.45, 2.75) is 19.5 Å². The molecule has 0 saturated carbocycles. The molecule has 0 bridgehead atoms. The van der Waals surface area contributed by atoms with Crippen LogP contribution in [-0.4, -0.2) is 16.1 Å². The average Bonchev–Trinajstić information content (AvgIpc) is 2.46. The molecular weight excluding hydrogens is 240 g/mol. The number of benzene rings is 1. The van der Waals surface area contributed by atoms with Crippen LogP contribution in [0.5, 0.6) is 0 Å². The Hall–Kier alpha value is -2.20. The Balaban J connectivity index is 1.99. The Labute approximate surface area is 112 Å². The molecule has 0 radical (unpaired) electrons. The fraction of sp³-hybridized carbons (Fsp3) is 0.200. The normalized spacial score (nSPS) is 12.1. The number of nitrogens with one attached hydrogen (secondary N) is 1. The topological polar surface area (TPSA) is 62.2 Å². The van der Waals surface area contributed by atoms with E-state index < -0.39 is 5.97 Å². The number of hydrogen-bond donors (Lipinski definition) is 2. The highest BCUT2D eigenvalue weighted by Gasteiger charge is 2.06. The first kappa shape index (κ1) is 13.2. The molecule has 0 aliphatic heterocycles. The monoisotopic (exact) mass is 256 g/mol. The van der Waals surface area contributed by atoms with Gasteiger partial charge in [0.25, 0.3) is 0 Å². The second-order valence-corrected chi connectivity index (χ2v) is 4.39. The maximum atomic E-state index is 10.9. The third-order valence-electron chi connectivity index (χ3n) is 2.97. The number of aromatic carboxylic acids is 1. The van der Waals surface area contributed by atoms with Crippen molar-refractivity contribution >= 4 is 5.97 Å². The number of carboxylic acid groups (broad SMARTS) is 1. The second-order valence-electron chi connectivity index (χ2n) is 4.39. The van der Waals surface area contributed by atoms with Crippen molar-refractivity contribution < 1.29 is 9.90 Å². The molecule has 0 spiro atoms. The highest BCUT2D eigenvalue weighted by atomic mass is 16.4. The number of pyridine rings is 1. The van der Waals surface area contributed by atoms with Gasteiger partial charge in [-0.05, 0) is 36.2 Å². The fourth-order valence-electron chi connectivity index (χ4n) is 1.84. The molecule has 1 aromatic heterocycles. The van der Waals surface area contributed by atoms with Crippen molar-refractivity contribution in [3.8, 4) is 0 Å². The SMILES string of the molecule is C[C@H](NCc1cccc(C(=O)O)c1)c1cccnc1. The molecule has 0 aliphatic carbocycles. The quantitative estimate of drug-likeness (QED) is 0.863. The molecule has 0 fully saturated rings. The lowest BCUT2D eigenvalue weighted by Gasteiger charge is -2.14. The number of hydrogen-bond acceptors (Lipinski definition) is 3. The van der Waals surface area contributed by atoms with Crippen LogP contribution in [-0.2, 0) is 6.54 Å². The third kappa shape index (κ3) is 3.63. The fourth-order valence-corrected chi connectivity index (χ4v) is 1.84. The number of nitrogens with zero attached hydrogens (tertiary/aromatic N) is 1. The molecule has 19 heavy (non-hydrogen) atoms. The first-order valence-electron chi connectivity index (χ1n) is 6.12. The largest absolute Gasteiger partial charge is 0.478 e. The van der Waals surface area contributed by atoms with Crippen LogP contribution in [0.15, 0.2) is 48.8 Å². The van der Waals surface area contributed by atoms with E-state index in [1.165, 1.54) is 0 Å². The Morgan fingerprint density at radius 1 is 1.37 bits per heavy atom. The van der Waals surface area contributed by atoms with Crippen LogP contribution < -0.4 is 5.32 Å². The van der Waals surface area contributed by atoms with Crippen molar-refractivity contribution in [1.82, 2.24) is 10.3 Å². The summed E-state index contributed by atoms with van der Waals surface area (Å²) >= 11 is 0. The van der Waals surface area contributed by atoms with E-state index in [0.29, 0.717) is 12.1 Å². The summed E-state index contributed by atoms with van der Waals surface area (Å²) in [4.78, 5) is 15.0. The lowest BCUT2D eigenvalue weighted by atomic mass is 10.1. The van der Waals surface area contributed by atoms with Crippen LogP contribution in [0.1, 0.15) is 34.5 Å². The van der Waals surface area contributed by atoms with Gasteiger partial charge in [-0.1, -0.05) is 18.2 Å². The van der Waals surface area contributed by atoms with Gasteiger partial charge in [-0.3, -0.25) is 4.98 Å². The zero-order chi connectivity index (χ0) is 13.7. The van der Waals surface area contributed by atoms with E-state index in [9.17, 15) is 4.79 Å².